The molecule has 0 spiro atoms. The second-order valence-corrected chi connectivity index (χ2v) is 11.8. The van der Waals surface area contributed by atoms with E-state index in [0.29, 0.717) is 11.2 Å². The van der Waals surface area contributed by atoms with Crippen LogP contribution in [0.25, 0.3) is 0 Å². The molecule has 0 aromatic carbocycles. The van der Waals surface area contributed by atoms with Gasteiger partial charge in [-0.25, -0.2) is 0 Å². The third-order valence-corrected chi connectivity index (χ3v) is 9.92. The van der Waals surface area contributed by atoms with Crippen LogP contribution in [0.5, 0.6) is 0 Å². The van der Waals surface area contributed by atoms with E-state index in [4.69, 9.17) is 0 Å². The molecule has 0 N–H and O–H groups in total. The van der Waals surface area contributed by atoms with Gasteiger partial charge in [0.25, 0.3) is 0 Å². The van der Waals surface area contributed by atoms with Gasteiger partial charge in [0.2, 0.25) is 0 Å². The molecule has 1 radical (unpaired) electrons. The average Bonchev–Trinajstić information content (AvgIpc) is 2.98. The van der Waals surface area contributed by atoms with Crippen molar-refractivity contribution in [3.8, 4) is 0 Å². The summed E-state index contributed by atoms with van der Waals surface area (Å²) in [6.07, 6.45) is 17.4. The van der Waals surface area contributed by atoms with Crippen LogP contribution in [0.1, 0.15) is 98.8 Å². The van der Waals surface area contributed by atoms with Gasteiger partial charge in [-0.1, -0.05) is 65.5 Å². The minimum Gasteiger partial charge on any atom is -0.299 e. The fraction of sp³-hybridized carbons (Fsp3) is 0.852. The van der Waals surface area contributed by atoms with Gasteiger partial charge in [-0.15, -0.1) is 0 Å². The molecule has 1 nitrogen and oxygen atoms in total. The van der Waals surface area contributed by atoms with Gasteiger partial charge in [0.15, 0.2) is 0 Å². The third-order valence-electron chi connectivity index (χ3n) is 9.92. The Hall–Kier alpha value is -0.590. The largest absolute Gasteiger partial charge is 0.299 e. The van der Waals surface area contributed by atoms with E-state index < -0.39 is 0 Å². The lowest BCUT2D eigenvalue weighted by atomic mass is 9.47. The zero-order chi connectivity index (χ0) is 20.1. The fourth-order valence-electron chi connectivity index (χ4n) is 8.40. The van der Waals surface area contributed by atoms with E-state index in [1.165, 1.54) is 51.4 Å². The molecule has 0 bridgehead atoms. The lowest BCUT2D eigenvalue weighted by Crippen LogP contribution is -2.50. The predicted octanol–water partition coefficient (Wildman–Crippen LogP) is 7.41. The van der Waals surface area contributed by atoms with Crippen LogP contribution < -0.4 is 0 Å². The van der Waals surface area contributed by atoms with Crippen molar-refractivity contribution < 1.29 is 4.79 Å². The fourth-order valence-corrected chi connectivity index (χ4v) is 8.40. The number of Topliss-reactive ketones (excluding diaryl/α,β-unsaturated/α-hetero) is 1. The molecule has 4 rings (SSSR count). The molecule has 0 saturated heterocycles. The second kappa shape index (κ2) is 7.59. The summed E-state index contributed by atoms with van der Waals surface area (Å²) < 4.78 is 0. The number of rotatable bonds is 5. The van der Waals surface area contributed by atoms with Crippen molar-refractivity contribution in [1.82, 2.24) is 0 Å². The lowest BCUT2D eigenvalue weighted by molar-refractivity contribution is -0.122. The first-order valence-corrected chi connectivity index (χ1v) is 12.3. The normalized spacial score (nSPS) is 43.9. The van der Waals surface area contributed by atoms with Crippen LogP contribution in [-0.2, 0) is 4.79 Å². The number of ketones is 1. The molecule has 3 fully saturated rings. The Balaban J connectivity index is 1.50. The molecule has 3 saturated carbocycles. The molecule has 0 amide bonds. The van der Waals surface area contributed by atoms with Crippen molar-refractivity contribution in [2.45, 2.75) is 98.8 Å². The zero-order valence-corrected chi connectivity index (χ0v) is 19.1. The number of carbonyl (C=O) groups excluding carboxylic acids is 1. The predicted molar refractivity (Wildman–Crippen MR) is 118 cm³/mol. The van der Waals surface area contributed by atoms with Gasteiger partial charge in [-0.3, -0.25) is 4.79 Å². The van der Waals surface area contributed by atoms with Crippen molar-refractivity contribution in [1.29, 1.82) is 0 Å². The monoisotopic (exact) mass is 383 g/mol. The molecule has 157 valence electrons. The van der Waals surface area contributed by atoms with Gasteiger partial charge in [-0.2, -0.15) is 0 Å². The Kier molecular flexibility index (Phi) is 5.60. The molecule has 4 aliphatic carbocycles. The van der Waals surface area contributed by atoms with Gasteiger partial charge in [-0.05, 0) is 84.9 Å². The Morgan fingerprint density at radius 1 is 1.07 bits per heavy atom. The molecule has 4 aliphatic rings. The lowest BCUT2D eigenvalue weighted by Gasteiger charge is -2.57. The zero-order valence-electron chi connectivity index (χ0n) is 19.1. The Bertz CT molecular complexity index is 630. The van der Waals surface area contributed by atoms with Crippen LogP contribution in [-0.4, -0.2) is 5.78 Å². The Labute approximate surface area is 174 Å². The van der Waals surface area contributed by atoms with Gasteiger partial charge in [0, 0.05) is 12.8 Å². The summed E-state index contributed by atoms with van der Waals surface area (Å²) >= 11 is 0. The first-order chi connectivity index (χ1) is 13.3. The molecular formula is C27H43O. The van der Waals surface area contributed by atoms with Gasteiger partial charge in [0.05, 0.1) is 0 Å². The van der Waals surface area contributed by atoms with Gasteiger partial charge >= 0.3 is 0 Å². The van der Waals surface area contributed by atoms with Crippen molar-refractivity contribution in [3.05, 3.63) is 18.1 Å². The van der Waals surface area contributed by atoms with Crippen molar-refractivity contribution in [3.63, 3.8) is 0 Å². The maximum atomic E-state index is 12.3. The molecule has 7 atom stereocenters. The maximum absolute atomic E-state index is 12.3. The van der Waals surface area contributed by atoms with E-state index in [2.05, 4.69) is 40.7 Å². The minimum atomic E-state index is 0.164. The van der Waals surface area contributed by atoms with Crippen LogP contribution in [0.2, 0.25) is 0 Å². The van der Waals surface area contributed by atoms with Crippen molar-refractivity contribution in [2.75, 3.05) is 0 Å². The highest BCUT2D eigenvalue weighted by Gasteiger charge is 2.59. The maximum Gasteiger partial charge on any atom is 0.137 e. The molecule has 0 unspecified atom stereocenters. The average molecular weight is 384 g/mol. The van der Waals surface area contributed by atoms with E-state index in [0.717, 1.165) is 48.3 Å². The molecule has 1 heteroatoms. The second-order valence-electron chi connectivity index (χ2n) is 11.8. The summed E-state index contributed by atoms with van der Waals surface area (Å²) in [7, 11) is 0. The molecular weight excluding hydrogens is 340 g/mol. The van der Waals surface area contributed by atoms with Gasteiger partial charge < -0.3 is 0 Å². The summed E-state index contributed by atoms with van der Waals surface area (Å²) in [6, 6.07) is 0. The highest BCUT2D eigenvalue weighted by Crippen LogP contribution is 2.67. The summed E-state index contributed by atoms with van der Waals surface area (Å²) in [5.74, 6) is 5.50. The van der Waals surface area contributed by atoms with Crippen molar-refractivity contribution in [2.24, 2.45) is 46.3 Å². The van der Waals surface area contributed by atoms with E-state index >= 15 is 0 Å². The first-order valence-electron chi connectivity index (χ1n) is 12.3. The SMILES string of the molecule is CC(C)CCC[C@@H](C)[C@H]1CC[C@H]2[C@@H]3CC=C4C[CH]C(=O)C[C@]4(C)[C@H]3CC[C@]12C. The number of allylic oxidation sites excluding steroid dienone is 2. The number of carbonyl (C=O) groups is 1. The number of hydrogen-bond acceptors (Lipinski definition) is 1. The van der Waals surface area contributed by atoms with Crippen LogP contribution >= 0.6 is 0 Å². The molecule has 0 aromatic heterocycles. The highest BCUT2D eigenvalue weighted by atomic mass is 16.1. The van der Waals surface area contributed by atoms with Crippen LogP contribution in [0.3, 0.4) is 0 Å². The smallest absolute Gasteiger partial charge is 0.137 e. The quantitative estimate of drug-likeness (QED) is 0.452. The van der Waals surface area contributed by atoms with Crippen LogP contribution in [0.15, 0.2) is 11.6 Å². The van der Waals surface area contributed by atoms with Crippen LogP contribution in [0, 0.1) is 52.8 Å². The van der Waals surface area contributed by atoms with Crippen molar-refractivity contribution >= 4 is 5.78 Å². The summed E-state index contributed by atoms with van der Waals surface area (Å²) in [5.41, 5.74) is 2.30. The standard InChI is InChI=1S/C27H43O/c1-18(2)7-6-8-19(3)23-13-14-24-22-12-10-20-9-11-21(28)17-27(20,5)25(22)15-16-26(23,24)4/h10-11,18-19,22-25H,6-9,12-17H2,1-5H3/t19-,22+,23-,24+,25+,26-,27+/m1/s1. The van der Waals surface area contributed by atoms with Crippen LogP contribution in [0.4, 0.5) is 0 Å². The highest BCUT2D eigenvalue weighted by molar-refractivity contribution is 5.89. The first kappa shape index (κ1) is 20.7. The summed E-state index contributed by atoms with van der Waals surface area (Å²) in [6.45, 7) is 12.4. The number of hydrogen-bond donors (Lipinski definition) is 0. The summed E-state index contributed by atoms with van der Waals surface area (Å²) in [4.78, 5) is 12.3. The molecule has 28 heavy (non-hydrogen) atoms. The number of fused-ring (bicyclic) bond motifs is 5. The third kappa shape index (κ3) is 3.33. The Morgan fingerprint density at radius 3 is 2.61 bits per heavy atom. The molecule has 0 heterocycles. The molecule has 0 aliphatic heterocycles. The minimum absolute atomic E-state index is 0.164. The van der Waals surface area contributed by atoms with E-state index in [-0.39, 0.29) is 5.41 Å². The van der Waals surface area contributed by atoms with E-state index in [1.54, 1.807) is 5.57 Å². The topological polar surface area (TPSA) is 17.1 Å². The van der Waals surface area contributed by atoms with E-state index in [1.807, 2.05) is 6.42 Å². The van der Waals surface area contributed by atoms with Gasteiger partial charge in [0.1, 0.15) is 5.78 Å². The summed E-state index contributed by atoms with van der Waals surface area (Å²) in [5, 5.41) is 0. The molecule has 0 aromatic rings. The van der Waals surface area contributed by atoms with E-state index in [9.17, 15) is 4.79 Å². The Morgan fingerprint density at radius 2 is 1.86 bits per heavy atom.